The van der Waals surface area contributed by atoms with Crippen molar-refractivity contribution in [3.63, 3.8) is 0 Å². The number of nitrogens with one attached hydrogen (secondary N) is 1. The maximum atomic E-state index is 13.4. The highest BCUT2D eigenvalue weighted by Crippen LogP contribution is 2.41. The number of ether oxygens (including phenoxy) is 1. The average molecular weight is 310 g/mol. The summed E-state index contributed by atoms with van der Waals surface area (Å²) in [6.07, 6.45) is 0.175. The molecular weight excluding hydrogens is 296 g/mol. The van der Waals surface area contributed by atoms with Crippen LogP contribution >= 0.6 is 11.6 Å². The Labute approximate surface area is 126 Å². The lowest BCUT2D eigenvalue weighted by molar-refractivity contribution is 0.153. The molecule has 0 spiro atoms. The Kier molecular flexibility index (Phi) is 3.83. The van der Waals surface area contributed by atoms with Crippen molar-refractivity contribution in [1.29, 1.82) is 0 Å². The highest BCUT2D eigenvalue weighted by Gasteiger charge is 2.29. The lowest BCUT2D eigenvalue weighted by Crippen LogP contribution is -2.26. The number of hydrogen-bond acceptors (Lipinski definition) is 2. The van der Waals surface area contributed by atoms with E-state index in [0.717, 1.165) is 11.6 Å². The van der Waals surface area contributed by atoms with E-state index in [1.165, 1.54) is 12.1 Å². The van der Waals surface area contributed by atoms with Crippen LogP contribution in [0.1, 0.15) is 29.7 Å². The van der Waals surface area contributed by atoms with Crippen molar-refractivity contribution in [3.8, 4) is 5.75 Å². The number of halogens is 3. The van der Waals surface area contributed by atoms with Gasteiger partial charge in [-0.05, 0) is 42.9 Å². The minimum atomic E-state index is -0.600. The molecule has 0 fully saturated rings. The smallest absolute Gasteiger partial charge is 0.126 e. The van der Waals surface area contributed by atoms with Gasteiger partial charge in [0.25, 0.3) is 0 Å². The van der Waals surface area contributed by atoms with E-state index in [4.69, 9.17) is 16.3 Å². The van der Waals surface area contributed by atoms with Crippen LogP contribution in [0.2, 0.25) is 5.02 Å². The van der Waals surface area contributed by atoms with E-state index in [0.29, 0.717) is 22.8 Å². The summed E-state index contributed by atoms with van der Waals surface area (Å²) in [5.41, 5.74) is 1.45. The van der Waals surface area contributed by atoms with Gasteiger partial charge < -0.3 is 10.1 Å². The summed E-state index contributed by atoms with van der Waals surface area (Å²) in [5.74, 6) is -0.521. The van der Waals surface area contributed by atoms with Crippen LogP contribution in [0.4, 0.5) is 8.78 Å². The van der Waals surface area contributed by atoms with Crippen molar-refractivity contribution in [2.45, 2.75) is 18.6 Å². The topological polar surface area (TPSA) is 21.3 Å². The largest absolute Gasteiger partial charge is 0.485 e. The Hall–Kier alpha value is -1.65. The number of fused-ring (bicyclic) bond motifs is 1. The van der Waals surface area contributed by atoms with E-state index >= 15 is 0 Å². The summed E-state index contributed by atoms with van der Waals surface area (Å²) in [6.45, 7) is 0. The molecule has 0 aliphatic carbocycles. The van der Waals surface area contributed by atoms with Crippen molar-refractivity contribution in [1.82, 2.24) is 5.32 Å². The summed E-state index contributed by atoms with van der Waals surface area (Å²) >= 11 is 6.01. The molecule has 0 amide bonds. The molecule has 5 heteroatoms. The Bertz CT molecular complexity index is 657. The zero-order valence-electron chi connectivity index (χ0n) is 11.4. The predicted octanol–water partition coefficient (Wildman–Crippen LogP) is 4.40. The van der Waals surface area contributed by atoms with Crippen LogP contribution in [-0.4, -0.2) is 7.05 Å². The van der Waals surface area contributed by atoms with Crippen molar-refractivity contribution >= 4 is 11.6 Å². The minimum Gasteiger partial charge on any atom is -0.485 e. The normalized spacial score (nSPS) is 20.8. The lowest BCUT2D eigenvalue weighted by Gasteiger charge is -2.32. The van der Waals surface area contributed by atoms with Crippen LogP contribution in [0.15, 0.2) is 36.4 Å². The molecule has 21 heavy (non-hydrogen) atoms. The lowest BCUT2D eigenvalue weighted by atomic mass is 9.93. The third-order valence-corrected chi connectivity index (χ3v) is 3.91. The first kappa shape index (κ1) is 14.3. The van der Waals surface area contributed by atoms with E-state index in [1.807, 2.05) is 13.1 Å². The van der Waals surface area contributed by atoms with Crippen LogP contribution in [-0.2, 0) is 0 Å². The maximum Gasteiger partial charge on any atom is 0.126 e. The summed E-state index contributed by atoms with van der Waals surface area (Å²) in [6, 6.07) is 8.85. The molecule has 0 aromatic heterocycles. The molecule has 2 unspecified atom stereocenters. The highest BCUT2D eigenvalue weighted by atomic mass is 35.5. The Morgan fingerprint density at radius 3 is 2.52 bits per heavy atom. The van der Waals surface area contributed by atoms with Gasteiger partial charge >= 0.3 is 0 Å². The van der Waals surface area contributed by atoms with E-state index in [9.17, 15) is 8.78 Å². The van der Waals surface area contributed by atoms with Gasteiger partial charge in [0.1, 0.15) is 23.5 Å². The van der Waals surface area contributed by atoms with Crippen molar-refractivity contribution in [2.75, 3.05) is 7.05 Å². The Balaban J connectivity index is 1.98. The van der Waals surface area contributed by atoms with E-state index in [2.05, 4.69) is 5.32 Å². The fourth-order valence-corrected chi connectivity index (χ4v) is 2.86. The summed E-state index contributed by atoms with van der Waals surface area (Å²) in [5, 5.41) is 3.82. The molecular formula is C16H14ClF2NO. The molecule has 1 N–H and O–H groups in total. The maximum absolute atomic E-state index is 13.4. The monoisotopic (exact) mass is 309 g/mol. The fourth-order valence-electron chi connectivity index (χ4n) is 2.68. The van der Waals surface area contributed by atoms with Crippen LogP contribution in [0.3, 0.4) is 0 Å². The van der Waals surface area contributed by atoms with Crippen molar-refractivity contribution < 1.29 is 13.5 Å². The zero-order chi connectivity index (χ0) is 15.0. The zero-order valence-corrected chi connectivity index (χ0v) is 12.1. The molecule has 3 rings (SSSR count). The van der Waals surface area contributed by atoms with Gasteiger partial charge in [0.15, 0.2) is 0 Å². The molecule has 2 atom stereocenters. The van der Waals surface area contributed by atoms with Gasteiger partial charge in [0.05, 0.1) is 0 Å². The molecule has 0 saturated carbocycles. The average Bonchev–Trinajstić information content (AvgIpc) is 2.45. The van der Waals surface area contributed by atoms with Gasteiger partial charge in [0.2, 0.25) is 0 Å². The first-order valence-electron chi connectivity index (χ1n) is 6.66. The quantitative estimate of drug-likeness (QED) is 0.887. The molecule has 2 nitrogen and oxygen atoms in total. The summed E-state index contributed by atoms with van der Waals surface area (Å²) in [4.78, 5) is 0. The second kappa shape index (κ2) is 5.62. The van der Waals surface area contributed by atoms with Gasteiger partial charge in [-0.25, -0.2) is 8.78 Å². The first-order chi connectivity index (χ1) is 10.1. The van der Waals surface area contributed by atoms with E-state index < -0.39 is 17.7 Å². The standard InChI is InChI=1S/C16H14ClF2NO/c1-20-14-8-16(9-4-11(18)7-12(19)5-9)21-15-3-2-10(17)6-13(14)15/h2-7,14,16,20H,8H2,1H3. The molecule has 1 aliphatic heterocycles. The van der Waals surface area contributed by atoms with Gasteiger partial charge in [-0.2, -0.15) is 0 Å². The van der Waals surface area contributed by atoms with Gasteiger partial charge in [-0.1, -0.05) is 11.6 Å². The number of benzene rings is 2. The minimum absolute atomic E-state index is 0.0174. The summed E-state index contributed by atoms with van der Waals surface area (Å²) in [7, 11) is 1.84. The summed E-state index contributed by atoms with van der Waals surface area (Å²) < 4.78 is 32.6. The van der Waals surface area contributed by atoms with Gasteiger partial charge in [-0.15, -0.1) is 0 Å². The predicted molar refractivity (Wildman–Crippen MR) is 77.6 cm³/mol. The van der Waals surface area contributed by atoms with Crippen LogP contribution < -0.4 is 10.1 Å². The van der Waals surface area contributed by atoms with Crippen LogP contribution in [0.25, 0.3) is 0 Å². The molecule has 0 radical (unpaired) electrons. The molecule has 2 aromatic rings. The Morgan fingerprint density at radius 2 is 1.86 bits per heavy atom. The van der Waals surface area contributed by atoms with E-state index in [-0.39, 0.29) is 6.04 Å². The second-order valence-corrected chi connectivity index (χ2v) is 5.50. The number of rotatable bonds is 2. The molecule has 1 aliphatic rings. The number of hydrogen-bond donors (Lipinski definition) is 1. The highest BCUT2D eigenvalue weighted by molar-refractivity contribution is 6.30. The molecule has 0 saturated heterocycles. The Morgan fingerprint density at radius 1 is 1.14 bits per heavy atom. The molecule has 110 valence electrons. The third kappa shape index (κ3) is 2.87. The van der Waals surface area contributed by atoms with Crippen molar-refractivity contribution in [2.24, 2.45) is 0 Å². The molecule has 0 bridgehead atoms. The van der Waals surface area contributed by atoms with Crippen LogP contribution in [0, 0.1) is 11.6 Å². The van der Waals surface area contributed by atoms with Crippen LogP contribution in [0.5, 0.6) is 5.75 Å². The molecule has 1 heterocycles. The third-order valence-electron chi connectivity index (χ3n) is 3.67. The van der Waals surface area contributed by atoms with Gasteiger partial charge in [-0.3, -0.25) is 0 Å². The van der Waals surface area contributed by atoms with Gasteiger partial charge in [0, 0.05) is 29.1 Å². The second-order valence-electron chi connectivity index (χ2n) is 5.07. The van der Waals surface area contributed by atoms with Crippen molar-refractivity contribution in [3.05, 3.63) is 64.2 Å². The SMILES string of the molecule is CNC1CC(c2cc(F)cc(F)c2)Oc2ccc(Cl)cc21. The first-order valence-corrected chi connectivity index (χ1v) is 7.04. The van der Waals surface area contributed by atoms with E-state index in [1.54, 1.807) is 12.1 Å². The molecule has 2 aromatic carbocycles. The fraction of sp³-hybridized carbons (Fsp3) is 0.250.